The van der Waals surface area contributed by atoms with Gasteiger partial charge < -0.3 is 4.74 Å². The highest BCUT2D eigenvalue weighted by Gasteiger charge is 2.51. The minimum atomic E-state index is 0.385. The molecular weight excluding hydrogens is 152 g/mol. The Morgan fingerprint density at radius 2 is 2.17 bits per heavy atom. The van der Waals surface area contributed by atoms with Gasteiger partial charge in [-0.05, 0) is 18.8 Å². The topological polar surface area (TPSA) is 34.0 Å². The van der Waals surface area contributed by atoms with E-state index < -0.39 is 0 Å². The lowest BCUT2D eigenvalue weighted by Crippen LogP contribution is -2.54. The van der Waals surface area contributed by atoms with Gasteiger partial charge in [0.1, 0.15) is 6.34 Å². The molecule has 0 N–H and O–H groups in total. The first-order chi connectivity index (χ1) is 5.88. The predicted molar refractivity (Wildman–Crippen MR) is 46.7 cm³/mol. The second-order valence-electron chi connectivity index (χ2n) is 4.21. The molecule has 64 valence electrons. The van der Waals surface area contributed by atoms with E-state index >= 15 is 0 Å². The lowest BCUT2D eigenvalue weighted by Gasteiger charge is -2.54. The van der Waals surface area contributed by atoms with Gasteiger partial charge >= 0.3 is 0 Å². The highest BCUT2D eigenvalue weighted by Crippen LogP contribution is 2.52. The molecule has 3 aliphatic rings. The van der Waals surface area contributed by atoms with Gasteiger partial charge in [0.25, 0.3) is 0 Å². The minimum Gasteiger partial charge on any atom is -0.380 e. The van der Waals surface area contributed by atoms with Crippen molar-refractivity contribution >= 4 is 12.6 Å². The molecule has 3 rings (SSSR count). The van der Waals surface area contributed by atoms with E-state index in [4.69, 9.17) is 4.74 Å². The molecule has 0 aromatic rings. The molecule has 1 spiro atoms. The number of ether oxygens (including phenoxy) is 1. The molecule has 0 bridgehead atoms. The monoisotopic (exact) mass is 164 g/mol. The van der Waals surface area contributed by atoms with Crippen LogP contribution in [-0.4, -0.2) is 31.8 Å². The lowest BCUT2D eigenvalue weighted by atomic mass is 9.59. The average molecular weight is 164 g/mol. The molecule has 2 heterocycles. The number of nitrogens with zero attached hydrogens (tertiary/aromatic N) is 2. The Morgan fingerprint density at radius 3 is 2.67 bits per heavy atom. The van der Waals surface area contributed by atoms with Gasteiger partial charge in [-0.15, -0.1) is 0 Å². The summed E-state index contributed by atoms with van der Waals surface area (Å²) < 4.78 is 5.22. The largest absolute Gasteiger partial charge is 0.380 e. The van der Waals surface area contributed by atoms with E-state index in [1.165, 1.54) is 12.8 Å². The highest BCUT2D eigenvalue weighted by atomic mass is 16.5. The second kappa shape index (κ2) is 2.16. The quantitative estimate of drug-likeness (QED) is 0.566. The molecule has 2 fully saturated rings. The van der Waals surface area contributed by atoms with E-state index in [1.54, 1.807) is 6.34 Å². The van der Waals surface area contributed by atoms with Crippen molar-refractivity contribution in [2.24, 2.45) is 21.3 Å². The van der Waals surface area contributed by atoms with Crippen LogP contribution in [0.2, 0.25) is 0 Å². The van der Waals surface area contributed by atoms with E-state index in [0.29, 0.717) is 11.5 Å². The van der Waals surface area contributed by atoms with Crippen molar-refractivity contribution in [1.82, 2.24) is 0 Å². The van der Waals surface area contributed by atoms with Crippen molar-refractivity contribution in [1.29, 1.82) is 0 Å². The van der Waals surface area contributed by atoms with Crippen LogP contribution in [0, 0.1) is 11.3 Å². The van der Waals surface area contributed by atoms with Crippen molar-refractivity contribution in [2.75, 3.05) is 13.2 Å². The SMILES string of the molecule is C1=NC=NC1C1CC2(COC2)C1. The predicted octanol–water partition coefficient (Wildman–Crippen LogP) is 0.894. The van der Waals surface area contributed by atoms with Gasteiger partial charge in [0.2, 0.25) is 0 Å². The number of hydrogen-bond donors (Lipinski definition) is 0. The van der Waals surface area contributed by atoms with Crippen LogP contribution in [-0.2, 0) is 4.74 Å². The molecule has 0 aromatic carbocycles. The van der Waals surface area contributed by atoms with Gasteiger partial charge in [-0.2, -0.15) is 0 Å². The van der Waals surface area contributed by atoms with Crippen LogP contribution in [0.4, 0.5) is 0 Å². The van der Waals surface area contributed by atoms with Crippen LogP contribution >= 0.6 is 0 Å². The normalized spacial score (nSPS) is 36.8. The Morgan fingerprint density at radius 1 is 1.33 bits per heavy atom. The Balaban J connectivity index is 1.62. The molecule has 1 aliphatic carbocycles. The molecule has 0 amide bonds. The van der Waals surface area contributed by atoms with Crippen molar-refractivity contribution in [2.45, 2.75) is 18.9 Å². The number of aliphatic imine (C=N–C) groups is 2. The highest BCUT2D eigenvalue weighted by molar-refractivity contribution is 5.82. The second-order valence-corrected chi connectivity index (χ2v) is 4.21. The third-order valence-electron chi connectivity index (χ3n) is 3.23. The Bertz CT molecular complexity index is 235. The summed E-state index contributed by atoms with van der Waals surface area (Å²) in [5.41, 5.74) is 0.566. The van der Waals surface area contributed by atoms with Crippen LogP contribution in [0.15, 0.2) is 9.98 Å². The van der Waals surface area contributed by atoms with Gasteiger partial charge in [-0.25, -0.2) is 4.99 Å². The fourth-order valence-electron chi connectivity index (χ4n) is 2.44. The zero-order chi connectivity index (χ0) is 8.02. The molecule has 12 heavy (non-hydrogen) atoms. The minimum absolute atomic E-state index is 0.385. The first-order valence-electron chi connectivity index (χ1n) is 4.51. The van der Waals surface area contributed by atoms with Gasteiger partial charge in [-0.3, -0.25) is 4.99 Å². The summed E-state index contributed by atoms with van der Waals surface area (Å²) in [5, 5.41) is 0. The molecular formula is C9H12N2O. The molecule has 2 aliphatic heterocycles. The molecule has 1 saturated heterocycles. The summed E-state index contributed by atoms with van der Waals surface area (Å²) in [6, 6.07) is 0.385. The smallest absolute Gasteiger partial charge is 0.110 e. The van der Waals surface area contributed by atoms with E-state index in [-0.39, 0.29) is 0 Å². The lowest BCUT2D eigenvalue weighted by molar-refractivity contribution is -0.178. The maximum atomic E-state index is 5.22. The summed E-state index contributed by atoms with van der Waals surface area (Å²) in [6.07, 6.45) is 6.23. The van der Waals surface area contributed by atoms with Crippen LogP contribution < -0.4 is 0 Å². The zero-order valence-electron chi connectivity index (χ0n) is 6.94. The van der Waals surface area contributed by atoms with Crippen LogP contribution in [0.5, 0.6) is 0 Å². The van der Waals surface area contributed by atoms with Crippen LogP contribution in [0.1, 0.15) is 12.8 Å². The Labute approximate surface area is 71.5 Å². The maximum absolute atomic E-state index is 5.22. The first-order valence-corrected chi connectivity index (χ1v) is 4.51. The summed E-state index contributed by atoms with van der Waals surface area (Å²) in [4.78, 5) is 8.30. The Hall–Kier alpha value is -0.700. The molecule has 0 aromatic heterocycles. The van der Waals surface area contributed by atoms with Crippen molar-refractivity contribution in [3.63, 3.8) is 0 Å². The fourth-order valence-corrected chi connectivity index (χ4v) is 2.44. The molecule has 3 nitrogen and oxygen atoms in total. The molecule has 3 heteroatoms. The fraction of sp³-hybridized carbons (Fsp3) is 0.778. The van der Waals surface area contributed by atoms with Crippen molar-refractivity contribution < 1.29 is 4.74 Å². The average Bonchev–Trinajstić information content (AvgIpc) is 2.32. The molecule has 1 atom stereocenters. The number of rotatable bonds is 1. The van der Waals surface area contributed by atoms with Gasteiger partial charge in [0, 0.05) is 11.6 Å². The third kappa shape index (κ3) is 0.800. The van der Waals surface area contributed by atoms with Crippen molar-refractivity contribution in [3.05, 3.63) is 0 Å². The van der Waals surface area contributed by atoms with Crippen LogP contribution in [0.25, 0.3) is 0 Å². The van der Waals surface area contributed by atoms with E-state index in [9.17, 15) is 0 Å². The van der Waals surface area contributed by atoms with E-state index in [0.717, 1.165) is 19.1 Å². The molecule has 1 saturated carbocycles. The summed E-state index contributed by atoms with van der Waals surface area (Å²) in [7, 11) is 0. The molecule has 1 unspecified atom stereocenters. The molecule has 0 radical (unpaired) electrons. The standard InChI is InChI=1S/C9H12N2O/c1-7(8-3-10-6-11-8)2-9(1)4-12-5-9/h3,6-8H,1-2,4-5H2. The summed E-state index contributed by atoms with van der Waals surface area (Å²) in [5.74, 6) is 0.747. The first kappa shape index (κ1) is 6.78. The van der Waals surface area contributed by atoms with Crippen LogP contribution in [0.3, 0.4) is 0 Å². The summed E-state index contributed by atoms with van der Waals surface area (Å²) in [6.45, 7) is 1.97. The van der Waals surface area contributed by atoms with E-state index in [1.807, 2.05) is 6.21 Å². The van der Waals surface area contributed by atoms with Crippen molar-refractivity contribution in [3.8, 4) is 0 Å². The summed E-state index contributed by atoms with van der Waals surface area (Å²) >= 11 is 0. The van der Waals surface area contributed by atoms with Gasteiger partial charge in [-0.1, -0.05) is 0 Å². The van der Waals surface area contributed by atoms with Gasteiger partial charge in [0.15, 0.2) is 0 Å². The zero-order valence-corrected chi connectivity index (χ0v) is 6.94. The Kier molecular flexibility index (Phi) is 1.22. The van der Waals surface area contributed by atoms with E-state index in [2.05, 4.69) is 9.98 Å². The van der Waals surface area contributed by atoms with Gasteiger partial charge in [0.05, 0.1) is 19.3 Å². The number of hydrogen-bond acceptors (Lipinski definition) is 3. The maximum Gasteiger partial charge on any atom is 0.110 e. The third-order valence-corrected chi connectivity index (χ3v) is 3.23.